The van der Waals surface area contributed by atoms with Crippen LogP contribution in [0.25, 0.3) is 0 Å². The molecule has 108 valence electrons. The van der Waals surface area contributed by atoms with E-state index in [1.165, 1.54) is 18.4 Å². The minimum absolute atomic E-state index is 0.0571. The summed E-state index contributed by atoms with van der Waals surface area (Å²) in [5.41, 5.74) is 1.81. The van der Waals surface area contributed by atoms with E-state index in [9.17, 15) is 9.90 Å². The van der Waals surface area contributed by atoms with Crippen LogP contribution < -0.4 is 0 Å². The zero-order valence-electron chi connectivity index (χ0n) is 12.0. The maximum absolute atomic E-state index is 12.4. The van der Waals surface area contributed by atoms with Gasteiger partial charge in [0.15, 0.2) is 0 Å². The molecule has 1 aliphatic heterocycles. The van der Waals surface area contributed by atoms with E-state index in [-0.39, 0.29) is 5.91 Å². The molecule has 0 bridgehead atoms. The normalized spacial score (nSPS) is 20.9. The molecule has 0 aromatic carbocycles. The molecule has 2 heterocycles. The van der Waals surface area contributed by atoms with Crippen molar-refractivity contribution in [1.29, 1.82) is 0 Å². The fourth-order valence-corrected chi connectivity index (χ4v) is 3.17. The molecule has 3 rings (SSSR count). The second-order valence-electron chi connectivity index (χ2n) is 5.87. The van der Waals surface area contributed by atoms with Crippen molar-refractivity contribution in [3.05, 3.63) is 23.0 Å². The molecule has 1 saturated heterocycles. The topological polar surface area (TPSA) is 71.2 Å². The van der Waals surface area contributed by atoms with Gasteiger partial charge in [-0.05, 0) is 32.6 Å². The average Bonchev–Trinajstić information content (AvgIpc) is 3.04. The number of nitrogens with zero attached hydrogens (tertiary/aromatic N) is 4. The van der Waals surface area contributed by atoms with Gasteiger partial charge in [-0.15, -0.1) is 5.10 Å². The highest BCUT2D eigenvalue weighted by atomic mass is 16.3. The number of aryl methyl sites for hydroxylation is 1. The minimum Gasteiger partial charge on any atom is -0.380 e. The van der Waals surface area contributed by atoms with Crippen LogP contribution in [0.2, 0.25) is 0 Å². The molecule has 2 aliphatic rings. The SMILES string of the molecule is CC(C(=O)N1CC(O)(c2cnnn2C)C1)=C1CCCC1. The van der Waals surface area contributed by atoms with Crippen LogP contribution in [0, 0.1) is 0 Å². The minimum atomic E-state index is -1.01. The Bertz CT molecular complexity index is 561. The van der Waals surface area contributed by atoms with E-state index >= 15 is 0 Å². The van der Waals surface area contributed by atoms with Gasteiger partial charge in [-0.2, -0.15) is 0 Å². The second-order valence-corrected chi connectivity index (χ2v) is 5.87. The smallest absolute Gasteiger partial charge is 0.249 e. The Morgan fingerprint density at radius 3 is 2.55 bits per heavy atom. The van der Waals surface area contributed by atoms with Crippen molar-refractivity contribution in [2.24, 2.45) is 7.05 Å². The lowest BCUT2D eigenvalue weighted by Crippen LogP contribution is -2.62. The molecule has 1 saturated carbocycles. The van der Waals surface area contributed by atoms with Gasteiger partial charge in [-0.3, -0.25) is 4.79 Å². The third-order valence-electron chi connectivity index (χ3n) is 4.44. The van der Waals surface area contributed by atoms with E-state index in [1.807, 2.05) is 6.92 Å². The first-order valence-electron chi connectivity index (χ1n) is 7.07. The fraction of sp³-hybridized carbons (Fsp3) is 0.643. The summed E-state index contributed by atoms with van der Waals surface area (Å²) in [5, 5.41) is 18.1. The van der Waals surface area contributed by atoms with Crippen LogP contribution in [0.1, 0.15) is 38.3 Å². The van der Waals surface area contributed by atoms with Crippen molar-refractivity contribution in [3.8, 4) is 0 Å². The number of amides is 1. The highest BCUT2D eigenvalue weighted by Crippen LogP contribution is 2.34. The summed E-state index contributed by atoms with van der Waals surface area (Å²) < 4.78 is 1.56. The molecule has 1 aromatic heterocycles. The molecule has 1 aliphatic carbocycles. The van der Waals surface area contributed by atoms with Gasteiger partial charge in [-0.1, -0.05) is 10.8 Å². The van der Waals surface area contributed by atoms with Crippen LogP contribution in [0.3, 0.4) is 0 Å². The number of likely N-dealkylation sites (tertiary alicyclic amines) is 1. The predicted molar refractivity (Wildman–Crippen MR) is 72.6 cm³/mol. The number of carbonyl (C=O) groups is 1. The average molecular weight is 276 g/mol. The van der Waals surface area contributed by atoms with Crippen molar-refractivity contribution in [3.63, 3.8) is 0 Å². The van der Waals surface area contributed by atoms with Crippen LogP contribution in [0.5, 0.6) is 0 Å². The number of allylic oxidation sites excluding steroid dienone is 1. The van der Waals surface area contributed by atoms with Crippen LogP contribution in [-0.4, -0.2) is 44.0 Å². The van der Waals surface area contributed by atoms with Gasteiger partial charge in [0.2, 0.25) is 5.91 Å². The largest absolute Gasteiger partial charge is 0.380 e. The van der Waals surface area contributed by atoms with Gasteiger partial charge in [0, 0.05) is 12.6 Å². The molecule has 0 unspecified atom stereocenters. The molecule has 6 heteroatoms. The molecule has 0 spiro atoms. The molecule has 20 heavy (non-hydrogen) atoms. The molecule has 0 radical (unpaired) electrons. The summed E-state index contributed by atoms with van der Waals surface area (Å²) in [5.74, 6) is 0.0571. The Kier molecular flexibility index (Phi) is 3.12. The first-order valence-corrected chi connectivity index (χ1v) is 7.07. The monoisotopic (exact) mass is 276 g/mol. The van der Waals surface area contributed by atoms with E-state index in [2.05, 4.69) is 10.3 Å². The lowest BCUT2D eigenvalue weighted by molar-refractivity contribution is -0.154. The van der Waals surface area contributed by atoms with Gasteiger partial charge < -0.3 is 10.0 Å². The standard InChI is InChI=1S/C14H20N4O2/c1-10(11-5-3-4-6-11)13(19)18-8-14(20,9-18)12-7-15-16-17(12)2/h7,20H,3-6,8-9H2,1-2H3. The third kappa shape index (κ3) is 2.04. The number of aliphatic hydroxyl groups is 1. The van der Waals surface area contributed by atoms with Crippen molar-refractivity contribution in [2.75, 3.05) is 13.1 Å². The van der Waals surface area contributed by atoms with E-state index in [0.29, 0.717) is 18.8 Å². The Morgan fingerprint density at radius 2 is 2.00 bits per heavy atom. The summed E-state index contributed by atoms with van der Waals surface area (Å²) in [4.78, 5) is 14.1. The van der Waals surface area contributed by atoms with E-state index < -0.39 is 5.60 Å². The number of hydrogen-bond acceptors (Lipinski definition) is 4. The second kappa shape index (κ2) is 4.70. The molecule has 0 atom stereocenters. The number of carbonyl (C=O) groups excluding carboxylic acids is 1. The summed E-state index contributed by atoms with van der Waals surface area (Å²) in [6, 6.07) is 0. The quantitative estimate of drug-likeness (QED) is 0.809. The zero-order chi connectivity index (χ0) is 14.3. The Hall–Kier alpha value is -1.69. The molecule has 1 aromatic rings. The molecular weight excluding hydrogens is 256 g/mol. The van der Waals surface area contributed by atoms with Crippen LogP contribution in [0.15, 0.2) is 17.3 Å². The van der Waals surface area contributed by atoms with E-state index in [0.717, 1.165) is 18.4 Å². The first kappa shape index (κ1) is 13.3. The lowest BCUT2D eigenvalue weighted by Gasteiger charge is -2.46. The first-order chi connectivity index (χ1) is 9.51. The Balaban J connectivity index is 1.70. The molecular formula is C14H20N4O2. The molecule has 6 nitrogen and oxygen atoms in total. The van der Waals surface area contributed by atoms with Crippen molar-refractivity contribution >= 4 is 5.91 Å². The zero-order valence-corrected chi connectivity index (χ0v) is 12.0. The summed E-state index contributed by atoms with van der Waals surface area (Å²) >= 11 is 0. The van der Waals surface area contributed by atoms with E-state index in [4.69, 9.17) is 0 Å². The number of aromatic nitrogens is 3. The Morgan fingerprint density at radius 1 is 1.35 bits per heavy atom. The van der Waals surface area contributed by atoms with Crippen LogP contribution in [0.4, 0.5) is 0 Å². The number of hydrogen-bond donors (Lipinski definition) is 1. The number of rotatable bonds is 2. The maximum atomic E-state index is 12.4. The summed E-state index contributed by atoms with van der Waals surface area (Å²) in [6.45, 7) is 2.54. The van der Waals surface area contributed by atoms with Crippen molar-refractivity contribution < 1.29 is 9.90 Å². The molecule has 1 N–H and O–H groups in total. The van der Waals surface area contributed by atoms with Gasteiger partial charge >= 0.3 is 0 Å². The van der Waals surface area contributed by atoms with Gasteiger partial charge in [0.05, 0.1) is 25.0 Å². The highest BCUT2D eigenvalue weighted by molar-refractivity contribution is 5.94. The highest BCUT2D eigenvalue weighted by Gasteiger charge is 2.47. The summed E-state index contributed by atoms with van der Waals surface area (Å²) in [7, 11) is 1.75. The lowest BCUT2D eigenvalue weighted by atomic mass is 9.89. The van der Waals surface area contributed by atoms with Crippen molar-refractivity contribution in [1.82, 2.24) is 19.9 Å². The van der Waals surface area contributed by atoms with Crippen LogP contribution >= 0.6 is 0 Å². The molecule has 1 amide bonds. The fourth-order valence-electron chi connectivity index (χ4n) is 3.17. The van der Waals surface area contributed by atoms with Gasteiger partial charge in [0.1, 0.15) is 5.60 Å². The van der Waals surface area contributed by atoms with Crippen LogP contribution in [-0.2, 0) is 17.4 Å². The number of β-amino-alcohol motifs (C(OH)–C–C–N with tert-alkyl or cyclic N) is 1. The Labute approximate surface area is 118 Å². The maximum Gasteiger partial charge on any atom is 0.249 e. The van der Waals surface area contributed by atoms with Gasteiger partial charge in [-0.25, -0.2) is 4.68 Å². The molecule has 2 fully saturated rings. The van der Waals surface area contributed by atoms with E-state index in [1.54, 1.807) is 22.8 Å². The summed E-state index contributed by atoms with van der Waals surface area (Å²) in [6.07, 6.45) is 6.02. The van der Waals surface area contributed by atoms with Gasteiger partial charge in [0.25, 0.3) is 0 Å². The third-order valence-corrected chi connectivity index (χ3v) is 4.44. The predicted octanol–water partition coefficient (Wildman–Crippen LogP) is 0.735. The van der Waals surface area contributed by atoms with Crippen molar-refractivity contribution in [2.45, 2.75) is 38.2 Å².